The second kappa shape index (κ2) is 7.34. The number of nitrogens with zero attached hydrogens (tertiary/aromatic N) is 1. The zero-order chi connectivity index (χ0) is 20.0. The molecule has 4 rings (SSSR count). The van der Waals surface area contributed by atoms with Crippen LogP contribution in [-0.2, 0) is 9.53 Å². The standard InChI is InChI=1S/C23H29NO4/c1-13(2)16-9-8-14(3)10-20(16)28-23(27)19-11-15(19)12-24-21(25)17-6-4-5-7-18(17)22(24)26/h4-7,13-16,19-20H,8-12H2,1-3H3/t14-,15+,16+,19-,20-/m1/s1. The first-order valence-electron chi connectivity index (χ1n) is 10.5. The van der Waals surface area contributed by atoms with Crippen LogP contribution in [0.25, 0.3) is 0 Å². The van der Waals surface area contributed by atoms with Gasteiger partial charge in [0, 0.05) is 6.54 Å². The largest absolute Gasteiger partial charge is 0.462 e. The Labute approximate surface area is 166 Å². The summed E-state index contributed by atoms with van der Waals surface area (Å²) in [6, 6.07) is 6.90. The average molecular weight is 383 g/mol. The summed E-state index contributed by atoms with van der Waals surface area (Å²) in [5.74, 6) is 0.698. The first-order valence-corrected chi connectivity index (χ1v) is 10.5. The molecule has 0 radical (unpaired) electrons. The topological polar surface area (TPSA) is 63.7 Å². The predicted molar refractivity (Wildman–Crippen MR) is 105 cm³/mol. The van der Waals surface area contributed by atoms with E-state index in [2.05, 4.69) is 20.8 Å². The van der Waals surface area contributed by atoms with Crippen LogP contribution in [-0.4, -0.2) is 35.3 Å². The summed E-state index contributed by atoms with van der Waals surface area (Å²) >= 11 is 0. The highest BCUT2D eigenvalue weighted by Gasteiger charge is 2.49. The van der Waals surface area contributed by atoms with E-state index in [1.807, 2.05) is 0 Å². The van der Waals surface area contributed by atoms with Gasteiger partial charge in [-0.2, -0.15) is 0 Å². The van der Waals surface area contributed by atoms with E-state index in [1.54, 1.807) is 24.3 Å². The Bertz CT molecular complexity index is 767. The molecule has 0 unspecified atom stereocenters. The van der Waals surface area contributed by atoms with Crippen molar-refractivity contribution in [3.05, 3.63) is 35.4 Å². The Balaban J connectivity index is 1.35. The molecule has 3 aliphatic rings. The molecule has 150 valence electrons. The number of carbonyl (C=O) groups excluding carboxylic acids is 3. The van der Waals surface area contributed by atoms with Gasteiger partial charge in [0.25, 0.3) is 11.8 Å². The van der Waals surface area contributed by atoms with Gasteiger partial charge in [-0.15, -0.1) is 0 Å². The summed E-state index contributed by atoms with van der Waals surface area (Å²) < 4.78 is 5.94. The minimum absolute atomic E-state index is 0.00296. The molecule has 5 nitrogen and oxygen atoms in total. The van der Waals surface area contributed by atoms with Crippen molar-refractivity contribution < 1.29 is 19.1 Å². The Kier molecular flexibility index (Phi) is 5.02. The molecule has 1 aromatic carbocycles. The Morgan fingerprint density at radius 2 is 1.75 bits per heavy atom. The lowest BCUT2D eigenvalue weighted by Gasteiger charge is -2.36. The van der Waals surface area contributed by atoms with Gasteiger partial charge in [0.05, 0.1) is 17.0 Å². The third kappa shape index (κ3) is 3.47. The molecule has 2 aliphatic carbocycles. The van der Waals surface area contributed by atoms with Crippen molar-refractivity contribution in [1.82, 2.24) is 4.90 Å². The molecule has 0 saturated heterocycles. The van der Waals surface area contributed by atoms with Crippen molar-refractivity contribution in [3.8, 4) is 0 Å². The second-order valence-electron chi connectivity index (χ2n) is 9.17. The molecule has 0 spiro atoms. The number of esters is 1. The molecule has 0 aromatic heterocycles. The number of ether oxygens (including phenoxy) is 1. The Hall–Kier alpha value is -2.17. The second-order valence-corrected chi connectivity index (χ2v) is 9.17. The van der Waals surface area contributed by atoms with Gasteiger partial charge < -0.3 is 4.74 Å². The number of hydrogen-bond donors (Lipinski definition) is 0. The molecule has 0 N–H and O–H groups in total. The van der Waals surface area contributed by atoms with Gasteiger partial charge in [0.2, 0.25) is 0 Å². The highest BCUT2D eigenvalue weighted by Crippen LogP contribution is 2.43. The van der Waals surface area contributed by atoms with Gasteiger partial charge in [0.15, 0.2) is 0 Å². The van der Waals surface area contributed by atoms with E-state index in [-0.39, 0.29) is 35.7 Å². The summed E-state index contributed by atoms with van der Waals surface area (Å²) in [6.45, 7) is 6.92. The molecular weight excluding hydrogens is 354 g/mol. The van der Waals surface area contributed by atoms with Crippen LogP contribution in [0.2, 0.25) is 0 Å². The zero-order valence-corrected chi connectivity index (χ0v) is 16.9. The van der Waals surface area contributed by atoms with Crippen molar-refractivity contribution in [3.63, 3.8) is 0 Å². The SMILES string of the molecule is CC(C)[C@@H]1CC[C@@H](C)C[C@H]1OC(=O)[C@@H]1C[C@H]1CN1C(=O)c2ccccc2C1=O. The van der Waals surface area contributed by atoms with Crippen molar-refractivity contribution in [1.29, 1.82) is 0 Å². The van der Waals surface area contributed by atoms with Crippen molar-refractivity contribution in [2.75, 3.05) is 6.54 Å². The van der Waals surface area contributed by atoms with Crippen LogP contribution in [0.4, 0.5) is 0 Å². The highest BCUT2D eigenvalue weighted by molar-refractivity contribution is 6.21. The molecule has 2 amide bonds. The molecule has 1 aromatic rings. The average Bonchev–Trinajstić information content (AvgIpc) is 3.39. The van der Waals surface area contributed by atoms with Crippen molar-refractivity contribution >= 4 is 17.8 Å². The van der Waals surface area contributed by atoms with Crippen molar-refractivity contribution in [2.45, 2.75) is 52.6 Å². The van der Waals surface area contributed by atoms with Gasteiger partial charge in [-0.05, 0) is 55.1 Å². The van der Waals surface area contributed by atoms with E-state index in [0.717, 1.165) is 12.8 Å². The van der Waals surface area contributed by atoms with Crippen LogP contribution < -0.4 is 0 Å². The maximum absolute atomic E-state index is 12.7. The zero-order valence-electron chi connectivity index (χ0n) is 16.9. The quantitative estimate of drug-likeness (QED) is 0.571. The summed E-state index contributed by atoms with van der Waals surface area (Å²) in [7, 11) is 0. The fourth-order valence-electron chi connectivity index (χ4n) is 4.86. The molecule has 5 heteroatoms. The summed E-state index contributed by atoms with van der Waals surface area (Å²) in [4.78, 5) is 39.0. The summed E-state index contributed by atoms with van der Waals surface area (Å²) in [6.07, 6.45) is 3.94. The van der Waals surface area contributed by atoms with E-state index in [9.17, 15) is 14.4 Å². The van der Waals surface area contributed by atoms with Crippen molar-refractivity contribution in [2.24, 2.45) is 29.6 Å². The minimum Gasteiger partial charge on any atom is -0.462 e. The van der Waals surface area contributed by atoms with Crippen LogP contribution in [0, 0.1) is 29.6 Å². The number of fused-ring (bicyclic) bond motifs is 1. The molecule has 5 atom stereocenters. The van der Waals surface area contributed by atoms with E-state index >= 15 is 0 Å². The molecule has 1 heterocycles. The molecular formula is C23H29NO4. The van der Waals surface area contributed by atoms with E-state index in [1.165, 1.54) is 11.3 Å². The number of amides is 2. The summed E-state index contributed by atoms with van der Waals surface area (Å²) in [5.41, 5.74) is 0.923. The first kappa shape index (κ1) is 19.2. The molecule has 2 saturated carbocycles. The molecule has 1 aliphatic heterocycles. The number of carbonyl (C=O) groups is 3. The molecule has 0 bridgehead atoms. The lowest BCUT2D eigenvalue weighted by Crippen LogP contribution is -2.36. The predicted octanol–water partition coefficient (Wildman–Crippen LogP) is 3.92. The summed E-state index contributed by atoms with van der Waals surface area (Å²) in [5, 5.41) is 0. The van der Waals surface area contributed by atoms with Gasteiger partial charge in [-0.1, -0.05) is 39.3 Å². The minimum atomic E-state index is -0.249. The van der Waals surface area contributed by atoms with E-state index in [4.69, 9.17) is 4.74 Å². The monoisotopic (exact) mass is 383 g/mol. The number of imide groups is 1. The normalized spacial score (nSPS) is 31.9. The van der Waals surface area contributed by atoms with Crippen LogP contribution in [0.3, 0.4) is 0 Å². The number of benzene rings is 1. The number of hydrogen-bond acceptors (Lipinski definition) is 4. The van der Waals surface area contributed by atoms with Gasteiger partial charge >= 0.3 is 5.97 Å². The number of rotatable bonds is 5. The van der Waals surface area contributed by atoms with Gasteiger partial charge in [0.1, 0.15) is 6.10 Å². The van der Waals surface area contributed by atoms with E-state index < -0.39 is 0 Å². The third-order valence-corrected chi connectivity index (χ3v) is 6.75. The fraction of sp³-hybridized carbons (Fsp3) is 0.609. The van der Waals surface area contributed by atoms with Crippen LogP contribution >= 0.6 is 0 Å². The first-order chi connectivity index (χ1) is 13.4. The maximum Gasteiger partial charge on any atom is 0.309 e. The lowest BCUT2D eigenvalue weighted by molar-refractivity contribution is -0.158. The van der Waals surface area contributed by atoms with Crippen LogP contribution in [0.15, 0.2) is 24.3 Å². The fourth-order valence-corrected chi connectivity index (χ4v) is 4.86. The van der Waals surface area contributed by atoms with Crippen LogP contribution in [0.1, 0.15) is 67.2 Å². The van der Waals surface area contributed by atoms with Crippen LogP contribution in [0.5, 0.6) is 0 Å². The Morgan fingerprint density at radius 1 is 1.11 bits per heavy atom. The highest BCUT2D eigenvalue weighted by atomic mass is 16.5. The van der Waals surface area contributed by atoms with Gasteiger partial charge in [-0.25, -0.2) is 0 Å². The molecule has 2 fully saturated rings. The molecule has 28 heavy (non-hydrogen) atoms. The third-order valence-electron chi connectivity index (χ3n) is 6.75. The lowest BCUT2D eigenvalue weighted by atomic mass is 9.75. The van der Waals surface area contributed by atoms with E-state index in [0.29, 0.717) is 41.8 Å². The Morgan fingerprint density at radius 3 is 2.36 bits per heavy atom. The maximum atomic E-state index is 12.7. The van der Waals surface area contributed by atoms with Gasteiger partial charge in [-0.3, -0.25) is 19.3 Å². The smallest absolute Gasteiger partial charge is 0.309 e.